The van der Waals surface area contributed by atoms with Crippen LogP contribution in [0, 0.1) is 0 Å². The molecule has 0 radical (unpaired) electrons. The molecule has 1 aromatic carbocycles. The van der Waals surface area contributed by atoms with Crippen LogP contribution in [0.5, 0.6) is 0 Å². The molecule has 2 aromatic rings. The first-order valence-corrected chi connectivity index (χ1v) is 7.74. The molecular weight excluding hydrogens is 318 g/mol. The van der Waals surface area contributed by atoms with E-state index in [4.69, 9.17) is 9.47 Å². The number of halogens is 1. The number of hydrogen-bond donors (Lipinski definition) is 0. The number of ether oxygens (including phenoxy) is 2. The molecule has 0 bridgehead atoms. The van der Waals surface area contributed by atoms with Crippen molar-refractivity contribution in [1.82, 2.24) is 4.98 Å². The summed E-state index contributed by atoms with van der Waals surface area (Å²) in [5.41, 5.74) is 3.27. The predicted octanol–water partition coefficient (Wildman–Crippen LogP) is 3.68. The van der Waals surface area contributed by atoms with Gasteiger partial charge in [0.15, 0.2) is 0 Å². The van der Waals surface area contributed by atoms with E-state index in [0.717, 1.165) is 28.8 Å². The van der Waals surface area contributed by atoms with Crippen LogP contribution >= 0.6 is 15.9 Å². The van der Waals surface area contributed by atoms with Gasteiger partial charge in [-0.15, -0.1) is 0 Å². The molecule has 0 aliphatic carbocycles. The SMILES string of the molecule is BrCCOCCOCc1ccc(-c2ccccn2)cc1. The first-order valence-electron chi connectivity index (χ1n) is 6.62. The maximum absolute atomic E-state index is 5.56. The van der Waals surface area contributed by atoms with Crippen LogP contribution in [-0.4, -0.2) is 30.1 Å². The number of nitrogens with zero attached hydrogens (tertiary/aromatic N) is 1. The van der Waals surface area contributed by atoms with Crippen molar-refractivity contribution in [2.45, 2.75) is 6.61 Å². The lowest BCUT2D eigenvalue weighted by Gasteiger charge is -2.06. The molecule has 0 fully saturated rings. The van der Waals surface area contributed by atoms with E-state index in [2.05, 4.69) is 45.2 Å². The smallest absolute Gasteiger partial charge is 0.0718 e. The Labute approximate surface area is 128 Å². The number of hydrogen-bond acceptors (Lipinski definition) is 3. The van der Waals surface area contributed by atoms with Gasteiger partial charge < -0.3 is 9.47 Å². The van der Waals surface area contributed by atoms with E-state index >= 15 is 0 Å². The highest BCUT2D eigenvalue weighted by atomic mass is 79.9. The van der Waals surface area contributed by atoms with Crippen molar-refractivity contribution in [3.63, 3.8) is 0 Å². The van der Waals surface area contributed by atoms with Gasteiger partial charge in [0.25, 0.3) is 0 Å². The minimum atomic E-state index is 0.611. The molecule has 0 saturated carbocycles. The minimum Gasteiger partial charge on any atom is -0.378 e. The number of rotatable bonds is 8. The Balaban J connectivity index is 1.77. The van der Waals surface area contributed by atoms with E-state index in [1.165, 1.54) is 0 Å². The Morgan fingerprint density at radius 1 is 0.900 bits per heavy atom. The standard InChI is InChI=1S/C16H18BrNO2/c17-8-10-19-11-12-20-13-14-4-6-15(7-5-14)16-3-1-2-9-18-16/h1-7,9H,8,10-13H2. The number of benzene rings is 1. The zero-order valence-corrected chi connectivity index (χ0v) is 12.9. The van der Waals surface area contributed by atoms with Crippen molar-refractivity contribution < 1.29 is 9.47 Å². The van der Waals surface area contributed by atoms with Gasteiger partial charge in [-0.1, -0.05) is 46.3 Å². The van der Waals surface area contributed by atoms with Crippen molar-refractivity contribution in [1.29, 1.82) is 0 Å². The van der Waals surface area contributed by atoms with Gasteiger partial charge in [0.1, 0.15) is 0 Å². The van der Waals surface area contributed by atoms with Gasteiger partial charge in [-0.3, -0.25) is 4.98 Å². The largest absolute Gasteiger partial charge is 0.378 e. The van der Waals surface area contributed by atoms with Crippen LogP contribution in [0.15, 0.2) is 48.7 Å². The summed E-state index contributed by atoms with van der Waals surface area (Å²) in [6, 6.07) is 14.2. The summed E-state index contributed by atoms with van der Waals surface area (Å²) < 4.78 is 10.9. The van der Waals surface area contributed by atoms with E-state index in [-0.39, 0.29) is 0 Å². The normalized spacial score (nSPS) is 10.7. The molecule has 20 heavy (non-hydrogen) atoms. The molecule has 0 aliphatic rings. The van der Waals surface area contributed by atoms with Crippen LogP contribution in [0.3, 0.4) is 0 Å². The van der Waals surface area contributed by atoms with Gasteiger partial charge in [-0.05, 0) is 17.7 Å². The highest BCUT2D eigenvalue weighted by Crippen LogP contribution is 2.17. The Kier molecular flexibility index (Phi) is 6.71. The van der Waals surface area contributed by atoms with Crippen LogP contribution in [0.2, 0.25) is 0 Å². The molecule has 0 saturated heterocycles. The zero-order valence-electron chi connectivity index (χ0n) is 11.3. The number of alkyl halides is 1. The summed E-state index contributed by atoms with van der Waals surface area (Å²) in [6.45, 7) is 2.59. The molecular formula is C16H18BrNO2. The molecule has 1 heterocycles. The summed E-state index contributed by atoms with van der Waals surface area (Å²) in [4.78, 5) is 4.33. The van der Waals surface area contributed by atoms with Gasteiger partial charge >= 0.3 is 0 Å². The summed E-state index contributed by atoms with van der Waals surface area (Å²) >= 11 is 3.31. The topological polar surface area (TPSA) is 31.4 Å². The average Bonchev–Trinajstić information content (AvgIpc) is 2.52. The van der Waals surface area contributed by atoms with E-state index in [9.17, 15) is 0 Å². The van der Waals surface area contributed by atoms with E-state index < -0.39 is 0 Å². The maximum Gasteiger partial charge on any atom is 0.0718 e. The van der Waals surface area contributed by atoms with Gasteiger partial charge in [-0.25, -0.2) is 0 Å². The second-order valence-corrected chi connectivity index (χ2v) is 5.06. The van der Waals surface area contributed by atoms with Crippen molar-refractivity contribution in [3.8, 4) is 11.3 Å². The Morgan fingerprint density at radius 2 is 1.70 bits per heavy atom. The van der Waals surface area contributed by atoms with Crippen molar-refractivity contribution in [2.24, 2.45) is 0 Å². The van der Waals surface area contributed by atoms with E-state index in [1.807, 2.05) is 18.2 Å². The Bertz CT molecular complexity index is 488. The predicted molar refractivity (Wildman–Crippen MR) is 83.9 cm³/mol. The number of pyridine rings is 1. The molecule has 0 atom stereocenters. The highest BCUT2D eigenvalue weighted by molar-refractivity contribution is 9.09. The maximum atomic E-state index is 5.56. The molecule has 4 heteroatoms. The van der Waals surface area contributed by atoms with Crippen molar-refractivity contribution >= 4 is 15.9 Å². The third-order valence-corrected chi connectivity index (χ3v) is 3.10. The lowest BCUT2D eigenvalue weighted by atomic mass is 10.1. The fraction of sp³-hybridized carbons (Fsp3) is 0.312. The molecule has 0 amide bonds. The first kappa shape index (κ1) is 15.2. The molecule has 0 unspecified atom stereocenters. The molecule has 2 rings (SSSR count). The Morgan fingerprint density at radius 3 is 2.40 bits per heavy atom. The van der Waals surface area contributed by atoms with Gasteiger partial charge in [0.2, 0.25) is 0 Å². The average molecular weight is 336 g/mol. The number of aromatic nitrogens is 1. The van der Waals surface area contributed by atoms with Crippen LogP contribution < -0.4 is 0 Å². The molecule has 0 spiro atoms. The third kappa shape index (κ3) is 5.04. The lowest BCUT2D eigenvalue weighted by molar-refractivity contribution is 0.0464. The van der Waals surface area contributed by atoms with Crippen molar-refractivity contribution in [2.75, 3.05) is 25.2 Å². The van der Waals surface area contributed by atoms with Crippen molar-refractivity contribution in [3.05, 3.63) is 54.2 Å². The van der Waals surface area contributed by atoms with E-state index in [0.29, 0.717) is 19.8 Å². The lowest BCUT2D eigenvalue weighted by Crippen LogP contribution is -2.05. The highest BCUT2D eigenvalue weighted by Gasteiger charge is 1.99. The third-order valence-electron chi connectivity index (χ3n) is 2.78. The fourth-order valence-corrected chi connectivity index (χ4v) is 2.00. The molecule has 106 valence electrons. The van der Waals surface area contributed by atoms with Gasteiger partial charge in [-0.2, -0.15) is 0 Å². The van der Waals surface area contributed by atoms with Crippen LogP contribution in [0.1, 0.15) is 5.56 Å². The van der Waals surface area contributed by atoms with Crippen LogP contribution in [0.25, 0.3) is 11.3 Å². The van der Waals surface area contributed by atoms with Crippen LogP contribution in [0.4, 0.5) is 0 Å². The second-order valence-electron chi connectivity index (χ2n) is 4.27. The van der Waals surface area contributed by atoms with Gasteiger partial charge in [0.05, 0.1) is 32.1 Å². The molecule has 1 aromatic heterocycles. The quantitative estimate of drug-likeness (QED) is 0.544. The molecule has 0 aliphatic heterocycles. The fourth-order valence-electron chi connectivity index (χ4n) is 1.77. The molecule has 3 nitrogen and oxygen atoms in total. The zero-order chi connectivity index (χ0) is 14.0. The van der Waals surface area contributed by atoms with Gasteiger partial charge in [0, 0.05) is 17.1 Å². The summed E-state index contributed by atoms with van der Waals surface area (Å²) in [7, 11) is 0. The summed E-state index contributed by atoms with van der Waals surface area (Å²) in [5, 5.41) is 0.863. The Hall–Kier alpha value is -1.23. The molecule has 0 N–H and O–H groups in total. The summed E-state index contributed by atoms with van der Waals surface area (Å²) in [6.07, 6.45) is 1.80. The summed E-state index contributed by atoms with van der Waals surface area (Å²) in [5.74, 6) is 0. The minimum absolute atomic E-state index is 0.611. The monoisotopic (exact) mass is 335 g/mol. The van der Waals surface area contributed by atoms with E-state index in [1.54, 1.807) is 6.20 Å². The second kappa shape index (κ2) is 8.84. The van der Waals surface area contributed by atoms with Crippen LogP contribution in [-0.2, 0) is 16.1 Å². The first-order chi connectivity index (χ1) is 9.90.